The number of carbonyl (C=O) groups is 1. The van der Waals surface area contributed by atoms with E-state index in [0.717, 1.165) is 51.4 Å². The summed E-state index contributed by atoms with van der Waals surface area (Å²) in [5.74, 6) is -0.335. The molecule has 0 aliphatic carbocycles. The van der Waals surface area contributed by atoms with Crippen LogP contribution in [-0.2, 0) is 4.79 Å². The zero-order chi connectivity index (χ0) is 42.3. The van der Waals surface area contributed by atoms with Crippen LogP contribution in [0.2, 0.25) is 0 Å². The first-order chi connectivity index (χ1) is 28.5. The van der Waals surface area contributed by atoms with Gasteiger partial charge < -0.3 is 20.6 Å². The quantitative estimate of drug-likeness (QED) is 0.0364. The Morgan fingerprint density at radius 1 is 0.448 bits per heavy atom. The lowest BCUT2D eigenvalue weighted by Gasteiger charge is -2.21. The number of unbranched alkanes of at least 4 members (excludes halogenated alkanes) is 28. The lowest BCUT2D eigenvalue weighted by Crippen LogP contribution is -2.45. The minimum atomic E-state index is -0.965. The molecule has 4 N–H and O–H groups in total. The van der Waals surface area contributed by atoms with Gasteiger partial charge in [-0.3, -0.25) is 4.79 Å². The largest absolute Gasteiger partial charge is 0.394 e. The van der Waals surface area contributed by atoms with Gasteiger partial charge in [-0.1, -0.05) is 222 Å². The number of nitrogens with one attached hydrogen (secondary N) is 1. The molecule has 0 saturated heterocycles. The van der Waals surface area contributed by atoms with Gasteiger partial charge in [-0.05, 0) is 77.0 Å². The predicted octanol–water partition coefficient (Wildman–Crippen LogP) is 15.0. The number of allylic oxidation sites excluding steroid dienone is 9. The number of amides is 1. The van der Waals surface area contributed by atoms with Gasteiger partial charge in [0.15, 0.2) is 0 Å². The molecule has 0 radical (unpaired) electrons. The average Bonchev–Trinajstić information content (AvgIpc) is 3.22. The molecular formula is C53H97NO4. The van der Waals surface area contributed by atoms with Gasteiger partial charge in [0.05, 0.1) is 31.3 Å². The number of rotatable bonds is 45. The molecule has 0 aromatic rings. The zero-order valence-electron chi connectivity index (χ0n) is 38.4. The summed E-state index contributed by atoms with van der Waals surface area (Å²) in [6.45, 7) is 4.20. The maximum Gasteiger partial charge on any atom is 0.222 e. The van der Waals surface area contributed by atoms with E-state index in [1.807, 2.05) is 6.08 Å². The van der Waals surface area contributed by atoms with Crippen molar-refractivity contribution in [3.63, 3.8) is 0 Å². The van der Waals surface area contributed by atoms with Gasteiger partial charge in [0.2, 0.25) is 5.91 Å². The first kappa shape index (κ1) is 56.0. The highest BCUT2D eigenvalue weighted by Gasteiger charge is 2.20. The van der Waals surface area contributed by atoms with Gasteiger partial charge in [-0.15, -0.1) is 0 Å². The molecule has 0 aromatic heterocycles. The molecule has 0 aromatic carbocycles. The summed E-state index contributed by atoms with van der Waals surface area (Å²) >= 11 is 0. The molecule has 338 valence electrons. The van der Waals surface area contributed by atoms with E-state index in [0.29, 0.717) is 6.42 Å². The van der Waals surface area contributed by atoms with E-state index in [1.54, 1.807) is 6.08 Å². The van der Waals surface area contributed by atoms with Crippen molar-refractivity contribution in [1.29, 1.82) is 0 Å². The van der Waals surface area contributed by atoms with Gasteiger partial charge in [0.1, 0.15) is 0 Å². The van der Waals surface area contributed by atoms with Crippen LogP contribution in [0.1, 0.15) is 245 Å². The third-order valence-corrected chi connectivity index (χ3v) is 11.3. The van der Waals surface area contributed by atoms with Crippen molar-refractivity contribution in [2.75, 3.05) is 6.61 Å². The fourth-order valence-corrected chi connectivity index (χ4v) is 7.40. The van der Waals surface area contributed by atoms with E-state index < -0.39 is 18.2 Å². The van der Waals surface area contributed by atoms with Crippen LogP contribution in [0.15, 0.2) is 60.8 Å². The molecule has 0 fully saturated rings. The maximum atomic E-state index is 12.5. The van der Waals surface area contributed by atoms with E-state index >= 15 is 0 Å². The van der Waals surface area contributed by atoms with Gasteiger partial charge in [0, 0.05) is 0 Å². The molecule has 3 unspecified atom stereocenters. The van der Waals surface area contributed by atoms with E-state index in [1.165, 1.54) is 167 Å². The smallest absolute Gasteiger partial charge is 0.222 e. The highest BCUT2D eigenvalue weighted by Crippen LogP contribution is 2.15. The first-order valence-corrected chi connectivity index (χ1v) is 25.1. The normalized spacial score (nSPS) is 13.9. The van der Waals surface area contributed by atoms with Crippen LogP contribution >= 0.6 is 0 Å². The van der Waals surface area contributed by atoms with Crippen molar-refractivity contribution in [2.45, 2.75) is 263 Å². The Balaban J connectivity index is 3.72. The van der Waals surface area contributed by atoms with Gasteiger partial charge in [-0.25, -0.2) is 0 Å². The summed E-state index contributed by atoms with van der Waals surface area (Å²) < 4.78 is 0. The Bertz CT molecular complexity index is 985. The molecule has 5 nitrogen and oxygen atoms in total. The van der Waals surface area contributed by atoms with Gasteiger partial charge in [0.25, 0.3) is 0 Å². The summed E-state index contributed by atoms with van der Waals surface area (Å²) in [6.07, 6.45) is 63.8. The molecule has 0 aliphatic heterocycles. The van der Waals surface area contributed by atoms with Crippen LogP contribution in [0.3, 0.4) is 0 Å². The topological polar surface area (TPSA) is 89.8 Å². The third-order valence-electron chi connectivity index (χ3n) is 11.3. The molecule has 0 saturated carbocycles. The number of aliphatic hydroxyl groups is 3. The van der Waals surface area contributed by atoms with Crippen molar-refractivity contribution in [1.82, 2.24) is 5.32 Å². The van der Waals surface area contributed by atoms with E-state index in [9.17, 15) is 20.1 Å². The fourth-order valence-electron chi connectivity index (χ4n) is 7.40. The van der Waals surface area contributed by atoms with Crippen LogP contribution in [0.5, 0.6) is 0 Å². The number of hydrogen-bond acceptors (Lipinski definition) is 4. The maximum absolute atomic E-state index is 12.5. The van der Waals surface area contributed by atoms with Crippen molar-refractivity contribution >= 4 is 5.91 Å². The van der Waals surface area contributed by atoms with Gasteiger partial charge in [-0.2, -0.15) is 0 Å². The lowest BCUT2D eigenvalue weighted by atomic mass is 10.0. The second kappa shape index (κ2) is 47.7. The molecule has 0 rings (SSSR count). The van der Waals surface area contributed by atoms with Crippen molar-refractivity contribution in [3.8, 4) is 0 Å². The molecule has 0 bridgehead atoms. The van der Waals surface area contributed by atoms with Crippen LogP contribution < -0.4 is 5.32 Å². The first-order valence-electron chi connectivity index (χ1n) is 25.1. The Morgan fingerprint density at radius 3 is 1.21 bits per heavy atom. The molecule has 0 aliphatic rings. The van der Waals surface area contributed by atoms with E-state index in [2.05, 4.69) is 67.8 Å². The molecular weight excluding hydrogens is 715 g/mol. The number of carbonyl (C=O) groups excluding carboxylic acids is 1. The summed E-state index contributed by atoms with van der Waals surface area (Å²) in [7, 11) is 0. The average molecular weight is 812 g/mol. The highest BCUT2D eigenvalue weighted by molar-refractivity contribution is 5.76. The second-order valence-electron chi connectivity index (χ2n) is 17.0. The van der Waals surface area contributed by atoms with E-state index in [-0.39, 0.29) is 18.9 Å². The van der Waals surface area contributed by atoms with Crippen molar-refractivity contribution in [3.05, 3.63) is 60.8 Å². The molecule has 3 atom stereocenters. The Morgan fingerprint density at radius 2 is 0.793 bits per heavy atom. The molecule has 58 heavy (non-hydrogen) atoms. The van der Waals surface area contributed by atoms with E-state index in [4.69, 9.17) is 0 Å². The fraction of sp³-hybridized carbons (Fsp3) is 0.792. The summed E-state index contributed by atoms with van der Waals surface area (Å²) in [4.78, 5) is 12.5. The summed E-state index contributed by atoms with van der Waals surface area (Å²) in [5.41, 5.74) is 0. The van der Waals surface area contributed by atoms with Crippen LogP contribution in [0.4, 0.5) is 0 Å². The second-order valence-corrected chi connectivity index (χ2v) is 17.0. The third kappa shape index (κ3) is 43.6. The monoisotopic (exact) mass is 812 g/mol. The standard InChI is InChI=1S/C53H97NO4/c1-3-5-7-9-11-13-15-17-19-21-23-25-26-27-28-30-32-34-36-38-40-42-44-46-50(56)48-53(58)54-51(49-55)52(57)47-45-43-41-39-37-35-33-31-29-24-22-20-18-16-14-12-10-8-6-4-2/h23,25,27-29,31,37,39,45,47,50-52,55-57H,3-22,24,26,30,32-36,38,40-44,46,48-49H2,1-2H3,(H,54,58)/b25-23-,28-27-,31-29+,39-37+,47-45+. The van der Waals surface area contributed by atoms with Crippen molar-refractivity contribution in [2.24, 2.45) is 0 Å². The molecule has 5 heteroatoms. The van der Waals surface area contributed by atoms with Crippen molar-refractivity contribution < 1.29 is 20.1 Å². The molecule has 1 amide bonds. The van der Waals surface area contributed by atoms with Crippen LogP contribution in [0, 0.1) is 0 Å². The Hall–Kier alpha value is -1.95. The van der Waals surface area contributed by atoms with Gasteiger partial charge >= 0.3 is 0 Å². The lowest BCUT2D eigenvalue weighted by molar-refractivity contribution is -0.124. The SMILES string of the molecule is CCCCCCCCCCC/C=C\C/C=C\CCCCCCCCCC(O)CC(=O)NC(CO)C(O)/C=C/CC/C=C/CC/C=C/CCCCCCCCCCCC. The highest BCUT2D eigenvalue weighted by atomic mass is 16.3. The molecule has 0 heterocycles. The molecule has 0 spiro atoms. The zero-order valence-corrected chi connectivity index (χ0v) is 38.4. The predicted molar refractivity (Wildman–Crippen MR) is 254 cm³/mol. The number of hydrogen-bond donors (Lipinski definition) is 4. The summed E-state index contributed by atoms with van der Waals surface area (Å²) in [6, 6.07) is -0.773. The minimum Gasteiger partial charge on any atom is -0.394 e. The number of aliphatic hydroxyl groups excluding tert-OH is 3. The summed E-state index contributed by atoms with van der Waals surface area (Å²) in [5, 5.41) is 33.3. The Labute approximate surface area is 360 Å². The van der Waals surface area contributed by atoms with Crippen LogP contribution in [0.25, 0.3) is 0 Å². The minimum absolute atomic E-state index is 0.00512. The Kier molecular flexibility index (Phi) is 46.1. The van der Waals surface area contributed by atoms with Crippen LogP contribution in [-0.4, -0.2) is 46.1 Å².